The van der Waals surface area contributed by atoms with Crippen molar-refractivity contribution in [2.75, 3.05) is 6.61 Å². The lowest BCUT2D eigenvalue weighted by atomic mass is 9.87. The van der Waals surface area contributed by atoms with Gasteiger partial charge in [0, 0.05) is 31.3 Å². The quantitative estimate of drug-likeness (QED) is 0.106. The fraction of sp³-hybridized carbons (Fsp3) is 0.515. The number of hydrogen-bond donors (Lipinski definition) is 2. The monoisotopic (exact) mass is 551 g/mol. The number of cyclic esters (lactones) is 1. The van der Waals surface area contributed by atoms with Crippen molar-refractivity contribution in [2.45, 2.75) is 90.8 Å². The summed E-state index contributed by atoms with van der Waals surface area (Å²) in [5, 5.41) is 13.5. The largest absolute Gasteiger partial charge is 0.455 e. The van der Waals surface area contributed by atoms with Gasteiger partial charge in [-0.05, 0) is 39.2 Å². The maximum Gasteiger partial charge on any atom is 0.407 e. The Bertz CT molecular complexity index is 1060. The van der Waals surface area contributed by atoms with Crippen molar-refractivity contribution in [3.05, 3.63) is 71.9 Å². The van der Waals surface area contributed by atoms with Gasteiger partial charge in [0.25, 0.3) is 0 Å². The lowest BCUT2D eigenvalue weighted by Gasteiger charge is -2.39. The predicted octanol–water partition coefficient (Wildman–Crippen LogP) is 5.74. The molecule has 0 radical (unpaired) electrons. The van der Waals surface area contributed by atoms with E-state index in [1.807, 2.05) is 69.4 Å². The number of amides is 1. The highest BCUT2D eigenvalue weighted by Crippen LogP contribution is 2.28. The van der Waals surface area contributed by atoms with Crippen LogP contribution in [0.4, 0.5) is 4.79 Å². The molecule has 0 aliphatic carbocycles. The second-order valence-corrected chi connectivity index (χ2v) is 10.5. The summed E-state index contributed by atoms with van der Waals surface area (Å²) in [5.41, 5.74) is 2.27. The van der Waals surface area contributed by atoms with Crippen molar-refractivity contribution < 1.29 is 28.9 Å². The molecule has 7 atom stereocenters. The van der Waals surface area contributed by atoms with Crippen LogP contribution >= 0.6 is 0 Å². The lowest BCUT2D eigenvalue weighted by molar-refractivity contribution is -0.141. The number of esters is 1. The molecule has 2 aliphatic rings. The molecule has 2 N–H and O–H groups in total. The summed E-state index contributed by atoms with van der Waals surface area (Å²) >= 11 is 0. The molecular formula is C33H45NO6. The number of carbonyl (C=O) groups excluding carboxylic acids is 2. The van der Waals surface area contributed by atoms with Gasteiger partial charge in [-0.2, -0.15) is 0 Å². The van der Waals surface area contributed by atoms with Crippen molar-refractivity contribution in [1.82, 2.24) is 5.32 Å². The molecule has 2 heterocycles. The molecule has 0 aromatic carbocycles. The van der Waals surface area contributed by atoms with Crippen LogP contribution < -0.4 is 5.32 Å². The number of aliphatic hydroxyl groups is 1. The number of hydrogen-bond acceptors (Lipinski definition) is 6. The molecule has 1 fully saturated rings. The average molecular weight is 552 g/mol. The molecule has 1 amide bonds. The van der Waals surface area contributed by atoms with Gasteiger partial charge < -0.3 is 24.6 Å². The molecule has 0 saturated carbocycles. The molecule has 2 aliphatic heterocycles. The number of ether oxygens (including phenoxy) is 3. The van der Waals surface area contributed by atoms with Crippen LogP contribution in [-0.4, -0.2) is 54.2 Å². The van der Waals surface area contributed by atoms with Gasteiger partial charge >= 0.3 is 12.1 Å². The summed E-state index contributed by atoms with van der Waals surface area (Å²) in [6.45, 7) is 10.3. The van der Waals surface area contributed by atoms with Crippen molar-refractivity contribution in [2.24, 2.45) is 11.8 Å². The van der Waals surface area contributed by atoms with Crippen LogP contribution in [0.1, 0.15) is 60.3 Å². The summed E-state index contributed by atoms with van der Waals surface area (Å²) in [4.78, 5) is 23.8. The zero-order valence-electron chi connectivity index (χ0n) is 24.4. The number of carbonyl (C=O) groups is 2. The summed E-state index contributed by atoms with van der Waals surface area (Å²) in [6, 6.07) is -0.495. The topological polar surface area (TPSA) is 94.1 Å². The van der Waals surface area contributed by atoms with Gasteiger partial charge in [-0.25, -0.2) is 9.59 Å². The third-order valence-corrected chi connectivity index (χ3v) is 6.83. The van der Waals surface area contributed by atoms with Gasteiger partial charge in [-0.15, -0.1) is 12.3 Å². The van der Waals surface area contributed by atoms with E-state index in [0.717, 1.165) is 12.0 Å². The molecule has 0 spiro atoms. The minimum absolute atomic E-state index is 0.0517. The minimum atomic E-state index is -0.578. The summed E-state index contributed by atoms with van der Waals surface area (Å²) in [7, 11) is 0. The van der Waals surface area contributed by atoms with E-state index in [0.29, 0.717) is 25.2 Å². The first-order chi connectivity index (χ1) is 19.1. The van der Waals surface area contributed by atoms with Crippen LogP contribution in [0.5, 0.6) is 0 Å². The molecular weight excluding hydrogens is 506 g/mol. The minimum Gasteiger partial charge on any atom is -0.455 e. The number of nitrogens with one attached hydrogen (secondary N) is 1. The van der Waals surface area contributed by atoms with Gasteiger partial charge in [-0.3, -0.25) is 0 Å². The van der Waals surface area contributed by atoms with E-state index >= 15 is 0 Å². The molecule has 2 rings (SSSR count). The van der Waals surface area contributed by atoms with Crippen LogP contribution in [0, 0.1) is 24.2 Å². The van der Waals surface area contributed by atoms with E-state index in [1.165, 1.54) is 11.6 Å². The first-order valence-electron chi connectivity index (χ1n) is 14.0. The van der Waals surface area contributed by atoms with E-state index in [1.54, 1.807) is 0 Å². The zero-order valence-corrected chi connectivity index (χ0v) is 24.4. The molecule has 40 heavy (non-hydrogen) atoms. The Kier molecular flexibility index (Phi) is 14.3. The van der Waals surface area contributed by atoms with Crippen LogP contribution in [0.15, 0.2) is 71.9 Å². The van der Waals surface area contributed by atoms with Crippen LogP contribution in [-0.2, 0) is 19.0 Å². The first kappa shape index (κ1) is 32.9. The number of rotatable bonds is 12. The summed E-state index contributed by atoms with van der Waals surface area (Å²) in [6.07, 6.45) is 24.5. The molecule has 0 aromatic rings. The van der Waals surface area contributed by atoms with E-state index in [2.05, 4.69) is 31.2 Å². The summed E-state index contributed by atoms with van der Waals surface area (Å²) < 4.78 is 16.7. The lowest BCUT2D eigenvalue weighted by Crippen LogP contribution is -2.51. The third-order valence-electron chi connectivity index (χ3n) is 6.83. The van der Waals surface area contributed by atoms with Gasteiger partial charge in [0.05, 0.1) is 24.4 Å². The van der Waals surface area contributed by atoms with E-state index in [4.69, 9.17) is 20.6 Å². The predicted molar refractivity (Wildman–Crippen MR) is 158 cm³/mol. The maximum absolute atomic E-state index is 12.4. The standard InChI is InChI=1S/C33H45NO6/c1-7-9-19-38-33(37)34-28(31-22-29(35)26(6)30(40-31)12-8-2)15-10-13-23(3)20-25(5)21-24(4)17-18-27-14-11-16-32(36)39-27/h1,8,10-13,15-18,21,25-31,35H,9,14,19-20,22H2,2-6H3,(H,34,37)/b12-8+,15-10+,18-17+,23-13+,24-21-/t25-,26+,27-,28-,29-,30+,31+/m1/s1. The Morgan fingerprint density at radius 1 is 1.35 bits per heavy atom. The number of allylic oxidation sites excluding steroid dienone is 7. The molecule has 0 aromatic heterocycles. The normalized spacial score (nSPS) is 27.5. The molecule has 0 bridgehead atoms. The number of alkyl carbamates (subject to hydrolysis) is 1. The highest BCUT2D eigenvalue weighted by Gasteiger charge is 2.37. The van der Waals surface area contributed by atoms with Crippen molar-refractivity contribution >= 4 is 12.1 Å². The van der Waals surface area contributed by atoms with E-state index in [-0.39, 0.29) is 30.7 Å². The van der Waals surface area contributed by atoms with Crippen LogP contribution in [0.3, 0.4) is 0 Å². The fourth-order valence-corrected chi connectivity index (χ4v) is 4.73. The van der Waals surface area contributed by atoms with Crippen LogP contribution in [0.25, 0.3) is 0 Å². The van der Waals surface area contributed by atoms with Gasteiger partial charge in [0.1, 0.15) is 12.7 Å². The van der Waals surface area contributed by atoms with Crippen molar-refractivity contribution in [1.29, 1.82) is 0 Å². The second-order valence-electron chi connectivity index (χ2n) is 10.5. The molecule has 218 valence electrons. The molecule has 7 nitrogen and oxygen atoms in total. The third kappa shape index (κ3) is 11.8. The first-order valence-corrected chi connectivity index (χ1v) is 14.0. The number of terminal acetylenes is 1. The van der Waals surface area contributed by atoms with Crippen molar-refractivity contribution in [3.63, 3.8) is 0 Å². The molecule has 1 saturated heterocycles. The van der Waals surface area contributed by atoms with Crippen molar-refractivity contribution in [3.8, 4) is 12.3 Å². The Morgan fingerprint density at radius 3 is 2.83 bits per heavy atom. The van der Waals surface area contributed by atoms with E-state index in [9.17, 15) is 14.7 Å². The fourth-order valence-electron chi connectivity index (χ4n) is 4.73. The Hall–Kier alpha value is -3.34. The average Bonchev–Trinajstić information content (AvgIpc) is 2.89. The molecule has 0 unspecified atom stereocenters. The highest BCUT2D eigenvalue weighted by molar-refractivity contribution is 5.82. The summed E-state index contributed by atoms with van der Waals surface area (Å²) in [5.74, 6) is 2.39. The SMILES string of the molecule is C#CCCOC(=O)N[C@H](/C=C/C=C(\C)C[C@@H](C)/C=C(C)\C=C\[C@H]1CC=CC(=O)O1)[C@@H]1C[C@@H](O)[C@H](C)[C@H](/C=C/C)O1. The highest BCUT2D eigenvalue weighted by atomic mass is 16.6. The maximum atomic E-state index is 12.4. The zero-order chi connectivity index (χ0) is 29.5. The molecule has 7 heteroatoms. The second kappa shape index (κ2) is 17.4. The van der Waals surface area contributed by atoms with Gasteiger partial charge in [0.2, 0.25) is 0 Å². The van der Waals surface area contributed by atoms with Crippen LogP contribution in [0.2, 0.25) is 0 Å². The Balaban J connectivity index is 2.04. The smallest absolute Gasteiger partial charge is 0.407 e. The Labute approximate surface area is 239 Å². The number of aliphatic hydroxyl groups excluding tert-OH is 1. The van der Waals surface area contributed by atoms with Gasteiger partial charge in [0.15, 0.2) is 0 Å². The van der Waals surface area contributed by atoms with E-state index < -0.39 is 24.3 Å². The van der Waals surface area contributed by atoms with Gasteiger partial charge in [-0.1, -0.05) is 73.6 Å². The Morgan fingerprint density at radius 2 is 2.12 bits per heavy atom.